The third-order valence-electron chi connectivity index (χ3n) is 2.34. The molecule has 0 bridgehead atoms. The number of rotatable bonds is 7. The monoisotopic (exact) mass is 208 g/mol. The molecular formula is C9H21O3P. The minimum atomic E-state index is -3.32. The maximum absolute atomic E-state index is 11.4. The summed E-state index contributed by atoms with van der Waals surface area (Å²) in [5.41, 5.74) is -0.177. The highest BCUT2D eigenvalue weighted by atomic mass is 31.2. The van der Waals surface area contributed by atoms with Crippen LogP contribution in [0.4, 0.5) is 0 Å². The number of hydrogen-bond acceptors (Lipinski definition) is 2. The van der Waals surface area contributed by atoms with Gasteiger partial charge >= 0.3 is 7.60 Å². The van der Waals surface area contributed by atoms with Crippen LogP contribution in [-0.4, -0.2) is 17.7 Å². The largest absolute Gasteiger partial charge is 0.330 e. The van der Waals surface area contributed by atoms with Gasteiger partial charge in [0.25, 0.3) is 0 Å². The zero-order valence-electron chi connectivity index (χ0n) is 8.82. The smallest absolute Gasteiger partial charge is 0.324 e. The second-order valence-electron chi connectivity index (χ2n) is 3.30. The van der Waals surface area contributed by atoms with E-state index in [9.17, 15) is 9.46 Å². The van der Waals surface area contributed by atoms with Crippen molar-refractivity contribution in [1.29, 1.82) is 0 Å². The van der Waals surface area contributed by atoms with E-state index in [-0.39, 0.29) is 5.66 Å². The lowest BCUT2D eigenvalue weighted by molar-refractivity contribution is 0.299. The third-order valence-corrected chi connectivity index (χ3v) is 4.40. The summed E-state index contributed by atoms with van der Waals surface area (Å²) >= 11 is 0. The Morgan fingerprint density at radius 1 is 1.38 bits per heavy atom. The van der Waals surface area contributed by atoms with Crippen molar-refractivity contribution < 1.29 is 14.0 Å². The first-order chi connectivity index (χ1) is 6.08. The molecule has 0 rings (SSSR count). The van der Waals surface area contributed by atoms with Gasteiger partial charge in [0.2, 0.25) is 0 Å². The van der Waals surface area contributed by atoms with Gasteiger partial charge in [0.1, 0.15) is 0 Å². The third kappa shape index (κ3) is 4.80. The van der Waals surface area contributed by atoms with E-state index in [2.05, 4.69) is 11.4 Å². The minimum absolute atomic E-state index is 0.177. The van der Waals surface area contributed by atoms with Gasteiger partial charge in [0.05, 0.1) is 5.66 Å². The van der Waals surface area contributed by atoms with Gasteiger partial charge in [-0.3, -0.25) is 4.57 Å². The first-order valence-corrected chi connectivity index (χ1v) is 6.61. The van der Waals surface area contributed by atoms with Gasteiger partial charge in [-0.25, -0.2) is 0 Å². The lowest BCUT2D eigenvalue weighted by Crippen LogP contribution is -2.08. The molecule has 0 radical (unpaired) electrons. The molecule has 0 spiro atoms. The van der Waals surface area contributed by atoms with Crippen LogP contribution >= 0.6 is 7.60 Å². The van der Waals surface area contributed by atoms with Crippen LogP contribution in [0, 0.1) is 0 Å². The predicted octanol–water partition coefficient (Wildman–Crippen LogP) is 3.18. The van der Waals surface area contributed by atoms with Crippen LogP contribution in [0.1, 0.15) is 46.0 Å². The molecule has 2 atom stereocenters. The van der Waals surface area contributed by atoms with Crippen LogP contribution in [0.5, 0.6) is 0 Å². The number of unbranched alkanes of at least 4 members (excludes halogenated alkanes) is 2. The van der Waals surface area contributed by atoms with Crippen molar-refractivity contribution >= 4 is 7.60 Å². The Morgan fingerprint density at radius 2 is 2.00 bits per heavy atom. The maximum atomic E-state index is 11.4. The molecule has 0 aromatic carbocycles. The standard InChI is InChI=1S/C9H21O3P/c1-4-6-7-8-9(5-2)13(10,11)12-3/h9H,4-8H2,1-3H3,(H,10,11). The molecule has 0 aliphatic carbocycles. The maximum Gasteiger partial charge on any atom is 0.330 e. The zero-order valence-corrected chi connectivity index (χ0v) is 9.72. The Morgan fingerprint density at radius 3 is 2.38 bits per heavy atom. The van der Waals surface area contributed by atoms with E-state index in [1.165, 1.54) is 7.11 Å². The molecule has 0 aromatic rings. The molecule has 0 heterocycles. The Kier molecular flexibility index (Phi) is 6.66. The van der Waals surface area contributed by atoms with E-state index in [4.69, 9.17) is 0 Å². The quantitative estimate of drug-likeness (QED) is 0.516. The van der Waals surface area contributed by atoms with Crippen molar-refractivity contribution in [2.75, 3.05) is 7.11 Å². The summed E-state index contributed by atoms with van der Waals surface area (Å²) in [5.74, 6) is 0. The molecule has 0 amide bonds. The summed E-state index contributed by atoms with van der Waals surface area (Å²) in [6.45, 7) is 4.05. The van der Waals surface area contributed by atoms with Gasteiger partial charge in [-0.2, -0.15) is 0 Å². The summed E-state index contributed by atoms with van der Waals surface area (Å²) in [4.78, 5) is 9.42. The molecule has 2 unspecified atom stereocenters. The molecule has 0 saturated heterocycles. The van der Waals surface area contributed by atoms with Crippen LogP contribution in [0.15, 0.2) is 0 Å². The van der Waals surface area contributed by atoms with Gasteiger partial charge in [0.15, 0.2) is 0 Å². The average Bonchev–Trinajstić information content (AvgIpc) is 2.12. The molecule has 1 N–H and O–H groups in total. The van der Waals surface area contributed by atoms with Gasteiger partial charge in [-0.15, -0.1) is 0 Å². The molecule has 80 valence electrons. The van der Waals surface area contributed by atoms with Crippen molar-refractivity contribution in [2.24, 2.45) is 0 Å². The first kappa shape index (κ1) is 13.2. The summed E-state index contributed by atoms with van der Waals surface area (Å²) in [6.07, 6.45) is 4.79. The van der Waals surface area contributed by atoms with E-state index in [0.717, 1.165) is 25.7 Å². The van der Waals surface area contributed by atoms with E-state index in [0.29, 0.717) is 6.42 Å². The molecule has 13 heavy (non-hydrogen) atoms. The fourth-order valence-corrected chi connectivity index (χ4v) is 2.65. The molecule has 0 fully saturated rings. The predicted molar refractivity (Wildman–Crippen MR) is 55.1 cm³/mol. The summed E-state index contributed by atoms with van der Waals surface area (Å²) in [5, 5.41) is 0. The van der Waals surface area contributed by atoms with Gasteiger partial charge in [0, 0.05) is 7.11 Å². The Hall–Kier alpha value is 0.150. The lowest BCUT2D eigenvalue weighted by Gasteiger charge is -2.19. The second-order valence-corrected chi connectivity index (χ2v) is 5.53. The van der Waals surface area contributed by atoms with E-state index in [1.807, 2.05) is 6.92 Å². The van der Waals surface area contributed by atoms with E-state index >= 15 is 0 Å². The molecule has 0 aromatic heterocycles. The molecule has 0 aliphatic rings. The topological polar surface area (TPSA) is 46.5 Å². The van der Waals surface area contributed by atoms with Gasteiger partial charge < -0.3 is 9.42 Å². The molecule has 0 saturated carbocycles. The fourth-order valence-electron chi connectivity index (χ4n) is 1.38. The van der Waals surface area contributed by atoms with Gasteiger partial charge in [-0.05, 0) is 12.8 Å². The van der Waals surface area contributed by atoms with Gasteiger partial charge in [-0.1, -0.05) is 33.1 Å². The average molecular weight is 208 g/mol. The highest BCUT2D eigenvalue weighted by Crippen LogP contribution is 2.49. The normalized spacial score (nSPS) is 18.2. The zero-order chi connectivity index (χ0) is 10.3. The van der Waals surface area contributed by atoms with E-state index in [1.54, 1.807) is 0 Å². The Labute approximate surface area is 81.0 Å². The summed E-state index contributed by atoms with van der Waals surface area (Å²) in [7, 11) is -2.01. The van der Waals surface area contributed by atoms with Crippen molar-refractivity contribution in [3.8, 4) is 0 Å². The van der Waals surface area contributed by atoms with Crippen molar-refractivity contribution in [3.63, 3.8) is 0 Å². The van der Waals surface area contributed by atoms with E-state index < -0.39 is 7.60 Å². The minimum Gasteiger partial charge on any atom is -0.324 e. The Bertz CT molecular complexity index is 170. The van der Waals surface area contributed by atoms with Crippen molar-refractivity contribution in [2.45, 2.75) is 51.6 Å². The van der Waals surface area contributed by atoms with Crippen LogP contribution in [0.2, 0.25) is 0 Å². The number of hydrogen-bond donors (Lipinski definition) is 1. The molecule has 3 nitrogen and oxygen atoms in total. The lowest BCUT2D eigenvalue weighted by atomic mass is 10.1. The highest BCUT2D eigenvalue weighted by molar-refractivity contribution is 7.53. The second kappa shape index (κ2) is 6.58. The fraction of sp³-hybridized carbons (Fsp3) is 1.00. The van der Waals surface area contributed by atoms with Crippen LogP contribution in [-0.2, 0) is 9.09 Å². The summed E-state index contributed by atoms with van der Waals surface area (Å²) in [6, 6.07) is 0. The highest BCUT2D eigenvalue weighted by Gasteiger charge is 2.28. The molecular weight excluding hydrogens is 187 g/mol. The van der Waals surface area contributed by atoms with Crippen LogP contribution < -0.4 is 0 Å². The van der Waals surface area contributed by atoms with Crippen molar-refractivity contribution in [1.82, 2.24) is 0 Å². The van der Waals surface area contributed by atoms with Crippen LogP contribution in [0.3, 0.4) is 0 Å². The molecule has 0 aliphatic heterocycles. The van der Waals surface area contributed by atoms with Crippen molar-refractivity contribution in [3.05, 3.63) is 0 Å². The Balaban J connectivity index is 3.95. The summed E-state index contributed by atoms with van der Waals surface area (Å²) < 4.78 is 16.1. The SMILES string of the molecule is CCCCCC(CC)P(=O)(O)OC. The van der Waals surface area contributed by atoms with Crippen LogP contribution in [0.25, 0.3) is 0 Å². The first-order valence-electron chi connectivity index (χ1n) is 4.96. The molecule has 4 heteroatoms.